The van der Waals surface area contributed by atoms with Gasteiger partial charge in [0.05, 0.1) is 16.9 Å². The van der Waals surface area contributed by atoms with Gasteiger partial charge in [-0.3, -0.25) is 0 Å². The highest BCUT2D eigenvalue weighted by Gasteiger charge is 2.52. The van der Waals surface area contributed by atoms with Crippen molar-refractivity contribution in [2.24, 2.45) is 0 Å². The van der Waals surface area contributed by atoms with Crippen LogP contribution in [0.2, 0.25) is 0 Å². The Labute approximate surface area is 182 Å². The molecule has 0 aliphatic carbocycles. The predicted molar refractivity (Wildman–Crippen MR) is 120 cm³/mol. The minimum absolute atomic E-state index is 0.215. The summed E-state index contributed by atoms with van der Waals surface area (Å²) in [5.74, 6) is 0. The van der Waals surface area contributed by atoms with Crippen molar-refractivity contribution in [1.29, 1.82) is 0 Å². The number of thiazole rings is 1. The number of rotatable bonds is 6. The first-order valence-electron chi connectivity index (χ1n) is 10.0. The van der Waals surface area contributed by atoms with E-state index < -0.39 is 24.4 Å². The normalized spacial score (nSPS) is 17.8. The van der Waals surface area contributed by atoms with Gasteiger partial charge in [-0.05, 0) is 58.7 Å². The largest absolute Gasteiger partial charge is 0.492 e. The number of carbonyl (C=O) groups excluding carboxylic acids is 1. The fourth-order valence-corrected chi connectivity index (χ4v) is 3.76. The summed E-state index contributed by atoms with van der Waals surface area (Å²) >= 11 is 1.60. The van der Waals surface area contributed by atoms with Crippen LogP contribution < -0.4 is 5.32 Å². The number of amides is 1. The Balaban J connectivity index is 1.71. The van der Waals surface area contributed by atoms with Crippen molar-refractivity contribution in [2.75, 3.05) is 6.54 Å². The standard InChI is InChI=1S/C22H29BN2O4S/c1-15-16(2)30-19(25-15)12-18(23-28-21(3,4)22(5,6)29-23)13-24-20(26)27-14-17-10-8-7-9-11-17/h7-12H,13-14H2,1-6H3,(H,24,26). The van der Waals surface area contributed by atoms with E-state index in [-0.39, 0.29) is 13.2 Å². The summed E-state index contributed by atoms with van der Waals surface area (Å²) in [5.41, 5.74) is 1.77. The number of nitrogens with zero attached hydrogens (tertiary/aromatic N) is 1. The monoisotopic (exact) mass is 428 g/mol. The maximum absolute atomic E-state index is 12.2. The van der Waals surface area contributed by atoms with Gasteiger partial charge in [0.15, 0.2) is 0 Å². The molecular weight excluding hydrogens is 399 g/mol. The van der Waals surface area contributed by atoms with Crippen LogP contribution in [0.4, 0.5) is 4.79 Å². The van der Waals surface area contributed by atoms with E-state index in [4.69, 9.17) is 14.0 Å². The van der Waals surface area contributed by atoms with Crippen LogP contribution in [-0.2, 0) is 20.7 Å². The van der Waals surface area contributed by atoms with Crippen molar-refractivity contribution in [3.63, 3.8) is 0 Å². The number of hydrogen-bond acceptors (Lipinski definition) is 6. The van der Waals surface area contributed by atoms with Crippen LogP contribution in [0.25, 0.3) is 6.08 Å². The molecule has 8 heteroatoms. The van der Waals surface area contributed by atoms with Gasteiger partial charge in [0.1, 0.15) is 11.6 Å². The van der Waals surface area contributed by atoms with E-state index in [2.05, 4.69) is 10.3 Å². The molecule has 3 rings (SSSR count). The second-order valence-corrected chi connectivity index (χ2v) is 9.65. The third-order valence-corrected chi connectivity index (χ3v) is 6.58. The summed E-state index contributed by atoms with van der Waals surface area (Å²) in [5, 5.41) is 3.67. The molecule has 1 fully saturated rings. The first-order chi connectivity index (χ1) is 14.1. The number of hydrogen-bond donors (Lipinski definition) is 1. The Kier molecular flexibility index (Phi) is 6.70. The van der Waals surface area contributed by atoms with Gasteiger partial charge in [0, 0.05) is 11.4 Å². The molecule has 0 atom stereocenters. The molecule has 0 radical (unpaired) electrons. The van der Waals surface area contributed by atoms with Crippen molar-refractivity contribution >= 4 is 30.6 Å². The van der Waals surface area contributed by atoms with Crippen LogP contribution in [0.15, 0.2) is 35.8 Å². The Morgan fingerprint density at radius 2 is 1.80 bits per heavy atom. The Bertz CT molecular complexity index is 889. The summed E-state index contributed by atoms with van der Waals surface area (Å²) in [4.78, 5) is 18.0. The van der Waals surface area contributed by atoms with Gasteiger partial charge in [0.25, 0.3) is 0 Å². The molecule has 2 aromatic rings. The molecule has 0 unspecified atom stereocenters. The maximum Gasteiger partial charge on any atom is 0.492 e. The van der Waals surface area contributed by atoms with Crippen molar-refractivity contribution in [3.05, 3.63) is 56.9 Å². The van der Waals surface area contributed by atoms with Crippen molar-refractivity contribution < 1.29 is 18.8 Å². The average Bonchev–Trinajstić information content (AvgIpc) is 3.11. The zero-order valence-corrected chi connectivity index (χ0v) is 19.3. The number of nitrogens with one attached hydrogen (secondary N) is 1. The number of ether oxygens (including phenoxy) is 1. The number of aryl methyl sites for hydroxylation is 2. The second-order valence-electron chi connectivity index (χ2n) is 8.42. The molecule has 6 nitrogen and oxygen atoms in total. The minimum atomic E-state index is -0.575. The van der Waals surface area contributed by atoms with E-state index in [1.165, 1.54) is 0 Å². The zero-order chi connectivity index (χ0) is 21.9. The molecule has 1 N–H and O–H groups in total. The van der Waals surface area contributed by atoms with Crippen LogP contribution in [0.3, 0.4) is 0 Å². The summed E-state index contributed by atoms with van der Waals surface area (Å²) in [7, 11) is -0.575. The third kappa shape index (κ3) is 5.30. The molecule has 0 spiro atoms. The highest BCUT2D eigenvalue weighted by Crippen LogP contribution is 2.39. The quantitative estimate of drug-likeness (QED) is 0.676. The number of carbonyl (C=O) groups is 1. The highest BCUT2D eigenvalue weighted by atomic mass is 32.1. The van der Waals surface area contributed by atoms with E-state index in [1.54, 1.807) is 11.3 Å². The molecule has 1 aliphatic rings. The molecule has 30 heavy (non-hydrogen) atoms. The van der Waals surface area contributed by atoms with Gasteiger partial charge < -0.3 is 19.4 Å². The summed E-state index contributed by atoms with van der Waals surface area (Å²) in [6, 6.07) is 9.57. The lowest BCUT2D eigenvalue weighted by molar-refractivity contribution is 0.00578. The molecule has 0 saturated carbocycles. The number of benzene rings is 1. The molecule has 1 aromatic carbocycles. The van der Waals surface area contributed by atoms with Crippen LogP contribution in [0.5, 0.6) is 0 Å². The second kappa shape index (κ2) is 8.92. The van der Waals surface area contributed by atoms with E-state index in [0.29, 0.717) is 0 Å². The minimum Gasteiger partial charge on any atom is -0.445 e. The maximum atomic E-state index is 12.2. The van der Waals surface area contributed by atoms with E-state index in [0.717, 1.165) is 26.6 Å². The first kappa shape index (κ1) is 22.5. The lowest BCUT2D eigenvalue weighted by Crippen LogP contribution is -2.41. The molecule has 1 amide bonds. The number of aromatic nitrogens is 1. The van der Waals surface area contributed by atoms with Gasteiger partial charge in [-0.25, -0.2) is 9.78 Å². The van der Waals surface area contributed by atoms with Crippen LogP contribution in [-0.4, -0.2) is 35.9 Å². The van der Waals surface area contributed by atoms with Crippen LogP contribution in [0.1, 0.15) is 48.8 Å². The third-order valence-electron chi connectivity index (χ3n) is 5.56. The smallest absolute Gasteiger partial charge is 0.445 e. The summed E-state index contributed by atoms with van der Waals surface area (Å²) in [6.07, 6.45) is 1.44. The Morgan fingerprint density at radius 1 is 1.17 bits per heavy atom. The van der Waals surface area contributed by atoms with Gasteiger partial charge in [-0.2, -0.15) is 0 Å². The predicted octanol–water partition coefficient (Wildman–Crippen LogP) is 4.70. The molecule has 1 aromatic heterocycles. The molecule has 1 saturated heterocycles. The average molecular weight is 428 g/mol. The van der Waals surface area contributed by atoms with E-state index in [9.17, 15) is 4.79 Å². The number of alkyl carbamates (subject to hydrolysis) is 1. The fraction of sp³-hybridized carbons (Fsp3) is 0.455. The SMILES string of the molecule is Cc1nc(C=C(CNC(=O)OCc2ccccc2)B2OC(C)(C)C(C)(C)O2)sc1C. The van der Waals surface area contributed by atoms with Gasteiger partial charge in [0.2, 0.25) is 0 Å². The van der Waals surface area contributed by atoms with Crippen LogP contribution >= 0.6 is 11.3 Å². The molecule has 0 bridgehead atoms. The lowest BCUT2D eigenvalue weighted by atomic mass is 9.77. The van der Waals surface area contributed by atoms with E-state index >= 15 is 0 Å². The zero-order valence-electron chi connectivity index (χ0n) is 18.4. The Hall–Kier alpha value is -2.16. The summed E-state index contributed by atoms with van der Waals surface area (Å²) in [6.45, 7) is 12.5. The van der Waals surface area contributed by atoms with Crippen molar-refractivity contribution in [2.45, 2.75) is 59.4 Å². The first-order valence-corrected chi connectivity index (χ1v) is 10.8. The lowest BCUT2D eigenvalue weighted by Gasteiger charge is -2.32. The van der Waals surface area contributed by atoms with E-state index in [1.807, 2.05) is 78.0 Å². The highest BCUT2D eigenvalue weighted by molar-refractivity contribution is 7.12. The van der Waals surface area contributed by atoms with Gasteiger partial charge >= 0.3 is 13.2 Å². The van der Waals surface area contributed by atoms with Crippen molar-refractivity contribution in [1.82, 2.24) is 10.3 Å². The molecular formula is C22H29BN2O4S. The molecule has 160 valence electrons. The fourth-order valence-electron chi connectivity index (χ4n) is 2.86. The van der Waals surface area contributed by atoms with Gasteiger partial charge in [-0.15, -0.1) is 11.3 Å². The summed E-state index contributed by atoms with van der Waals surface area (Å²) < 4.78 is 17.7. The van der Waals surface area contributed by atoms with Gasteiger partial charge in [-0.1, -0.05) is 30.3 Å². The van der Waals surface area contributed by atoms with Crippen LogP contribution in [0, 0.1) is 13.8 Å². The van der Waals surface area contributed by atoms with Crippen molar-refractivity contribution in [3.8, 4) is 0 Å². The Morgan fingerprint density at radius 3 is 2.37 bits per heavy atom. The topological polar surface area (TPSA) is 69.7 Å². The molecule has 2 heterocycles. The molecule has 1 aliphatic heterocycles.